The summed E-state index contributed by atoms with van der Waals surface area (Å²) in [4.78, 5) is 41.3. The zero-order chi connectivity index (χ0) is 24.2. The molecular formula is C24H29N3O5S. The number of piperazine rings is 1. The van der Waals surface area contributed by atoms with Gasteiger partial charge in [0, 0.05) is 38.2 Å². The van der Waals surface area contributed by atoms with Gasteiger partial charge in [0.1, 0.15) is 0 Å². The zero-order valence-corrected chi connectivity index (χ0v) is 19.9. The highest BCUT2D eigenvalue weighted by molar-refractivity contribution is 7.92. The van der Waals surface area contributed by atoms with Crippen molar-refractivity contribution >= 4 is 27.6 Å². The van der Waals surface area contributed by atoms with Crippen LogP contribution < -0.4 is 5.32 Å². The van der Waals surface area contributed by atoms with Crippen LogP contribution in [0.25, 0.3) is 0 Å². The lowest BCUT2D eigenvalue weighted by Crippen LogP contribution is -2.57. The summed E-state index contributed by atoms with van der Waals surface area (Å²) in [6.45, 7) is 6.38. The van der Waals surface area contributed by atoms with Gasteiger partial charge in [-0.15, -0.1) is 0 Å². The fourth-order valence-corrected chi connectivity index (χ4v) is 5.19. The van der Waals surface area contributed by atoms with E-state index in [0.29, 0.717) is 30.6 Å². The smallest absolute Gasteiger partial charge is 0.261 e. The number of benzene rings is 2. The van der Waals surface area contributed by atoms with E-state index in [1.807, 2.05) is 6.92 Å². The Morgan fingerprint density at radius 3 is 2.06 bits per heavy atom. The Balaban J connectivity index is 1.91. The SMILES string of the molecule is CCC(=O)N1CCN(C(=O)[C@@H](NC(=O)c2ccccc2C)S(=O)(=O)c2ccc(C)cc2)CC1. The second-order valence-electron chi connectivity index (χ2n) is 8.09. The predicted octanol–water partition coefficient (Wildman–Crippen LogP) is 1.91. The molecule has 1 fully saturated rings. The molecule has 0 unspecified atom stereocenters. The zero-order valence-electron chi connectivity index (χ0n) is 19.1. The minimum atomic E-state index is -4.22. The van der Waals surface area contributed by atoms with Gasteiger partial charge in [-0.3, -0.25) is 14.4 Å². The quantitative estimate of drug-likeness (QED) is 0.693. The number of sulfone groups is 1. The van der Waals surface area contributed by atoms with Crippen LogP contribution in [0, 0.1) is 13.8 Å². The molecule has 2 aromatic rings. The number of nitrogens with zero attached hydrogens (tertiary/aromatic N) is 2. The molecule has 0 spiro atoms. The van der Waals surface area contributed by atoms with Crippen LogP contribution in [0.4, 0.5) is 0 Å². The van der Waals surface area contributed by atoms with Gasteiger partial charge in [-0.05, 0) is 37.6 Å². The molecule has 1 aliphatic rings. The molecule has 0 bridgehead atoms. The van der Waals surface area contributed by atoms with Gasteiger partial charge < -0.3 is 15.1 Å². The molecule has 0 aromatic heterocycles. The van der Waals surface area contributed by atoms with Gasteiger partial charge in [0.15, 0.2) is 0 Å². The minimum Gasteiger partial charge on any atom is -0.339 e. The number of hydrogen-bond donors (Lipinski definition) is 1. The van der Waals surface area contributed by atoms with Crippen LogP contribution in [0.5, 0.6) is 0 Å². The van der Waals surface area contributed by atoms with Crippen LogP contribution in [0.15, 0.2) is 53.4 Å². The Morgan fingerprint density at radius 2 is 1.48 bits per heavy atom. The third-order valence-electron chi connectivity index (χ3n) is 5.78. The number of hydrogen-bond acceptors (Lipinski definition) is 5. The molecule has 0 radical (unpaired) electrons. The number of aryl methyl sites for hydroxylation is 2. The molecule has 3 amide bonds. The van der Waals surface area contributed by atoms with Crippen molar-refractivity contribution in [2.75, 3.05) is 26.2 Å². The lowest BCUT2D eigenvalue weighted by molar-refractivity contribution is -0.139. The molecule has 0 saturated carbocycles. The molecule has 1 aliphatic heterocycles. The average molecular weight is 472 g/mol. The van der Waals surface area contributed by atoms with E-state index in [-0.39, 0.29) is 23.9 Å². The molecule has 1 N–H and O–H groups in total. The summed E-state index contributed by atoms with van der Waals surface area (Å²) < 4.78 is 26.9. The summed E-state index contributed by atoms with van der Waals surface area (Å²) in [7, 11) is -4.22. The number of carbonyl (C=O) groups excluding carboxylic acids is 3. The molecule has 1 atom stereocenters. The fraction of sp³-hybridized carbons (Fsp3) is 0.375. The van der Waals surface area contributed by atoms with Gasteiger partial charge in [0.05, 0.1) is 4.90 Å². The third-order valence-corrected chi connectivity index (χ3v) is 7.65. The maximum Gasteiger partial charge on any atom is 0.261 e. The number of carbonyl (C=O) groups is 3. The van der Waals surface area contributed by atoms with E-state index in [4.69, 9.17) is 0 Å². The van der Waals surface area contributed by atoms with E-state index >= 15 is 0 Å². The van der Waals surface area contributed by atoms with Crippen LogP contribution in [0.2, 0.25) is 0 Å². The van der Waals surface area contributed by atoms with E-state index in [1.54, 1.807) is 55.1 Å². The molecule has 0 aliphatic carbocycles. The van der Waals surface area contributed by atoms with Crippen LogP contribution in [-0.2, 0) is 19.4 Å². The second kappa shape index (κ2) is 10.2. The highest BCUT2D eigenvalue weighted by Gasteiger charge is 2.39. The number of rotatable bonds is 6. The molecule has 2 aromatic carbocycles. The first-order valence-corrected chi connectivity index (χ1v) is 12.4. The molecule has 8 nitrogen and oxygen atoms in total. The monoisotopic (exact) mass is 471 g/mol. The van der Waals surface area contributed by atoms with Gasteiger partial charge in [-0.1, -0.05) is 42.8 Å². The minimum absolute atomic E-state index is 0.0150. The van der Waals surface area contributed by atoms with Crippen LogP contribution in [0.1, 0.15) is 34.8 Å². The first-order chi connectivity index (χ1) is 15.6. The van der Waals surface area contributed by atoms with Gasteiger partial charge in [-0.25, -0.2) is 8.42 Å². The van der Waals surface area contributed by atoms with Crippen LogP contribution in [0.3, 0.4) is 0 Å². The van der Waals surface area contributed by atoms with Crippen molar-refractivity contribution in [3.8, 4) is 0 Å². The molecule has 33 heavy (non-hydrogen) atoms. The summed E-state index contributed by atoms with van der Waals surface area (Å²) >= 11 is 0. The lowest BCUT2D eigenvalue weighted by atomic mass is 10.1. The maximum absolute atomic E-state index is 13.5. The van der Waals surface area contributed by atoms with Gasteiger partial charge in [0.2, 0.25) is 21.1 Å². The first kappa shape index (κ1) is 24.4. The van der Waals surface area contributed by atoms with Crippen molar-refractivity contribution < 1.29 is 22.8 Å². The Kier molecular flexibility index (Phi) is 7.53. The third kappa shape index (κ3) is 5.42. The highest BCUT2D eigenvalue weighted by Crippen LogP contribution is 2.19. The van der Waals surface area contributed by atoms with Crippen molar-refractivity contribution in [1.82, 2.24) is 15.1 Å². The molecule has 176 valence electrons. The van der Waals surface area contributed by atoms with Crippen LogP contribution >= 0.6 is 0 Å². The van der Waals surface area contributed by atoms with Crippen molar-refractivity contribution in [1.29, 1.82) is 0 Å². The van der Waals surface area contributed by atoms with E-state index in [1.165, 1.54) is 17.0 Å². The maximum atomic E-state index is 13.5. The van der Waals surface area contributed by atoms with Crippen molar-refractivity contribution in [2.24, 2.45) is 0 Å². The summed E-state index contributed by atoms with van der Waals surface area (Å²) in [6, 6.07) is 12.9. The van der Waals surface area contributed by atoms with E-state index in [0.717, 1.165) is 5.56 Å². The van der Waals surface area contributed by atoms with E-state index in [2.05, 4.69) is 5.32 Å². The van der Waals surface area contributed by atoms with E-state index < -0.39 is 27.0 Å². The first-order valence-electron chi connectivity index (χ1n) is 10.9. The predicted molar refractivity (Wildman–Crippen MR) is 124 cm³/mol. The summed E-state index contributed by atoms with van der Waals surface area (Å²) in [5.74, 6) is -1.36. The molecule has 9 heteroatoms. The number of amides is 3. The Morgan fingerprint density at radius 1 is 0.909 bits per heavy atom. The van der Waals surface area contributed by atoms with E-state index in [9.17, 15) is 22.8 Å². The Bertz CT molecular complexity index is 1140. The molecule has 1 heterocycles. The summed E-state index contributed by atoms with van der Waals surface area (Å²) in [6.07, 6.45) is 0.366. The lowest BCUT2D eigenvalue weighted by Gasteiger charge is -2.36. The van der Waals surface area contributed by atoms with Gasteiger partial charge in [0.25, 0.3) is 11.8 Å². The second-order valence-corrected chi connectivity index (χ2v) is 10.1. The largest absolute Gasteiger partial charge is 0.339 e. The topological polar surface area (TPSA) is 104 Å². The van der Waals surface area contributed by atoms with Gasteiger partial charge >= 0.3 is 0 Å². The Hall–Kier alpha value is -3.20. The van der Waals surface area contributed by atoms with Crippen molar-refractivity contribution in [3.05, 3.63) is 65.2 Å². The highest BCUT2D eigenvalue weighted by atomic mass is 32.2. The van der Waals surface area contributed by atoms with Crippen molar-refractivity contribution in [3.63, 3.8) is 0 Å². The summed E-state index contributed by atoms with van der Waals surface area (Å²) in [5.41, 5.74) is 1.84. The van der Waals surface area contributed by atoms with Crippen molar-refractivity contribution in [2.45, 2.75) is 37.5 Å². The standard InChI is InChI=1S/C24H29N3O5S/c1-4-21(28)26-13-15-27(16-14-26)24(30)23(25-22(29)20-8-6-5-7-18(20)3)33(31,32)19-11-9-17(2)10-12-19/h5-12,23H,4,13-16H2,1-3H3,(H,25,29)/t23-/m0/s1. The van der Waals surface area contributed by atoms with Crippen LogP contribution in [-0.4, -0.2) is 67.5 Å². The molecule has 3 rings (SSSR count). The normalized spacial score (nSPS) is 15.1. The Labute approximate surface area is 194 Å². The average Bonchev–Trinajstić information content (AvgIpc) is 2.82. The molecular weight excluding hydrogens is 442 g/mol. The summed E-state index contributed by atoms with van der Waals surface area (Å²) in [5, 5.41) is 0.694. The number of nitrogens with one attached hydrogen (secondary N) is 1. The fourth-order valence-electron chi connectivity index (χ4n) is 3.73. The van der Waals surface area contributed by atoms with Gasteiger partial charge in [-0.2, -0.15) is 0 Å². The molecule has 1 saturated heterocycles.